The molecular formula is C8H10ClNO2S. The van der Waals surface area contributed by atoms with Crippen LogP contribution in [-0.4, -0.2) is 8.42 Å². The lowest BCUT2D eigenvalue weighted by Crippen LogP contribution is -2.21. The Morgan fingerprint density at radius 2 is 1.85 bits per heavy atom. The first-order valence-electron chi connectivity index (χ1n) is 3.76. The minimum absolute atomic E-state index is 0.302. The molecule has 0 fully saturated rings. The molecule has 1 N–H and O–H groups in total. The minimum Gasteiger partial charge on any atom is -0.195 e. The third kappa shape index (κ3) is 3.76. The van der Waals surface area contributed by atoms with Gasteiger partial charge in [0.1, 0.15) is 0 Å². The third-order valence-corrected chi connectivity index (χ3v) is 2.52. The van der Waals surface area contributed by atoms with Crippen LogP contribution in [0.3, 0.4) is 0 Å². The Bertz CT molecular complexity index is 363. The Morgan fingerprint density at radius 3 is 2.31 bits per heavy atom. The molecule has 0 heterocycles. The zero-order valence-corrected chi connectivity index (χ0v) is 8.64. The maximum absolute atomic E-state index is 10.7. The van der Waals surface area contributed by atoms with Gasteiger partial charge >= 0.3 is 0 Å². The van der Waals surface area contributed by atoms with Crippen molar-refractivity contribution < 1.29 is 8.42 Å². The SMILES string of the molecule is CC(NS(=O)(=O)Cl)c1ccccc1. The molecule has 1 rings (SSSR count). The van der Waals surface area contributed by atoms with E-state index in [1.807, 2.05) is 30.3 Å². The van der Waals surface area contributed by atoms with Gasteiger partial charge in [-0.1, -0.05) is 30.3 Å². The summed E-state index contributed by atoms with van der Waals surface area (Å²) in [4.78, 5) is 0. The van der Waals surface area contributed by atoms with E-state index in [0.29, 0.717) is 0 Å². The summed E-state index contributed by atoms with van der Waals surface area (Å²) in [6.07, 6.45) is 0. The van der Waals surface area contributed by atoms with E-state index in [2.05, 4.69) is 4.72 Å². The fourth-order valence-electron chi connectivity index (χ4n) is 1.02. The number of rotatable bonds is 3. The fraction of sp³-hybridized carbons (Fsp3) is 0.250. The number of hydrogen-bond donors (Lipinski definition) is 1. The van der Waals surface area contributed by atoms with Gasteiger partial charge in [-0.3, -0.25) is 0 Å². The second-order valence-electron chi connectivity index (χ2n) is 2.69. The largest absolute Gasteiger partial charge is 0.297 e. The molecule has 0 aliphatic carbocycles. The van der Waals surface area contributed by atoms with E-state index in [4.69, 9.17) is 10.7 Å². The van der Waals surface area contributed by atoms with Gasteiger partial charge < -0.3 is 0 Å². The normalized spacial score (nSPS) is 14.0. The Kier molecular flexibility index (Phi) is 3.30. The molecule has 1 aromatic rings. The Hall–Kier alpha value is -0.580. The molecule has 0 spiro atoms. The Morgan fingerprint density at radius 1 is 1.31 bits per heavy atom. The number of halogens is 1. The van der Waals surface area contributed by atoms with Crippen LogP contribution >= 0.6 is 10.7 Å². The van der Waals surface area contributed by atoms with Gasteiger partial charge in [-0.05, 0) is 12.5 Å². The van der Waals surface area contributed by atoms with Crippen molar-refractivity contribution in [3.8, 4) is 0 Å². The van der Waals surface area contributed by atoms with Crippen molar-refractivity contribution in [3.05, 3.63) is 35.9 Å². The van der Waals surface area contributed by atoms with Crippen LogP contribution in [-0.2, 0) is 9.24 Å². The molecule has 0 saturated carbocycles. The van der Waals surface area contributed by atoms with Crippen molar-refractivity contribution in [3.63, 3.8) is 0 Å². The summed E-state index contributed by atoms with van der Waals surface area (Å²) in [6.45, 7) is 1.73. The summed E-state index contributed by atoms with van der Waals surface area (Å²) >= 11 is 0. The monoisotopic (exact) mass is 219 g/mol. The van der Waals surface area contributed by atoms with Crippen LogP contribution in [0.25, 0.3) is 0 Å². The predicted octanol–water partition coefficient (Wildman–Crippen LogP) is 1.82. The third-order valence-electron chi connectivity index (χ3n) is 1.62. The van der Waals surface area contributed by atoms with Crippen LogP contribution in [0, 0.1) is 0 Å². The van der Waals surface area contributed by atoms with E-state index < -0.39 is 9.24 Å². The summed E-state index contributed by atoms with van der Waals surface area (Å²) in [5.74, 6) is 0. The van der Waals surface area contributed by atoms with Crippen LogP contribution in [0.4, 0.5) is 0 Å². The first-order valence-corrected chi connectivity index (χ1v) is 6.07. The molecule has 0 aliphatic heterocycles. The molecule has 3 nitrogen and oxygen atoms in total. The Balaban J connectivity index is 2.76. The number of benzene rings is 1. The molecule has 0 aliphatic rings. The summed E-state index contributed by atoms with van der Waals surface area (Å²) in [5.41, 5.74) is 0.881. The number of hydrogen-bond acceptors (Lipinski definition) is 2. The predicted molar refractivity (Wildman–Crippen MR) is 52.8 cm³/mol. The topological polar surface area (TPSA) is 46.2 Å². The number of nitrogens with one attached hydrogen (secondary N) is 1. The van der Waals surface area contributed by atoms with Gasteiger partial charge in [0.2, 0.25) is 0 Å². The summed E-state index contributed by atoms with van der Waals surface area (Å²) in [6, 6.07) is 8.91. The first-order chi connectivity index (χ1) is 5.99. The molecule has 72 valence electrons. The smallest absolute Gasteiger partial charge is 0.195 e. The highest BCUT2D eigenvalue weighted by Crippen LogP contribution is 2.12. The van der Waals surface area contributed by atoms with E-state index in [1.54, 1.807) is 6.92 Å². The lowest BCUT2D eigenvalue weighted by Gasteiger charge is -2.10. The molecule has 1 unspecified atom stereocenters. The molecule has 0 saturated heterocycles. The van der Waals surface area contributed by atoms with E-state index in [9.17, 15) is 8.42 Å². The summed E-state index contributed by atoms with van der Waals surface area (Å²) in [5, 5.41) is 0. The van der Waals surface area contributed by atoms with Gasteiger partial charge in [-0.2, -0.15) is 13.1 Å². The van der Waals surface area contributed by atoms with Crippen molar-refractivity contribution in [1.29, 1.82) is 0 Å². The zero-order valence-electron chi connectivity index (χ0n) is 7.07. The molecule has 13 heavy (non-hydrogen) atoms. The lowest BCUT2D eigenvalue weighted by atomic mass is 10.1. The van der Waals surface area contributed by atoms with Crippen LogP contribution in [0.1, 0.15) is 18.5 Å². The van der Waals surface area contributed by atoms with Crippen molar-refractivity contribution in [2.45, 2.75) is 13.0 Å². The lowest BCUT2D eigenvalue weighted by molar-refractivity contribution is 0.582. The fourth-order valence-corrected chi connectivity index (χ4v) is 1.98. The van der Waals surface area contributed by atoms with E-state index in [-0.39, 0.29) is 6.04 Å². The standard InChI is InChI=1S/C8H10ClNO2S/c1-7(10-13(9,11)12)8-5-3-2-4-6-8/h2-7,10H,1H3. The molecular weight excluding hydrogens is 210 g/mol. The average molecular weight is 220 g/mol. The molecule has 5 heteroatoms. The van der Waals surface area contributed by atoms with Gasteiger partial charge in [-0.25, -0.2) is 0 Å². The van der Waals surface area contributed by atoms with Crippen LogP contribution in [0.15, 0.2) is 30.3 Å². The summed E-state index contributed by atoms with van der Waals surface area (Å²) in [7, 11) is 1.39. The molecule has 0 radical (unpaired) electrons. The summed E-state index contributed by atoms with van der Waals surface area (Å²) < 4.78 is 23.6. The van der Waals surface area contributed by atoms with Crippen molar-refractivity contribution in [1.82, 2.24) is 4.72 Å². The van der Waals surface area contributed by atoms with Crippen molar-refractivity contribution in [2.24, 2.45) is 0 Å². The van der Waals surface area contributed by atoms with Crippen LogP contribution in [0.5, 0.6) is 0 Å². The second kappa shape index (κ2) is 4.09. The molecule has 0 aromatic heterocycles. The Labute approximate surface area is 82.3 Å². The molecule has 0 amide bonds. The van der Waals surface area contributed by atoms with Crippen LogP contribution in [0.2, 0.25) is 0 Å². The van der Waals surface area contributed by atoms with E-state index >= 15 is 0 Å². The molecule has 0 bridgehead atoms. The van der Waals surface area contributed by atoms with Gasteiger partial charge in [0.25, 0.3) is 9.24 Å². The average Bonchev–Trinajstić information content (AvgIpc) is 2.03. The second-order valence-corrected chi connectivity index (χ2v) is 5.02. The van der Waals surface area contributed by atoms with Crippen molar-refractivity contribution in [2.75, 3.05) is 0 Å². The highest BCUT2D eigenvalue weighted by atomic mass is 35.7. The van der Waals surface area contributed by atoms with Gasteiger partial charge in [0.05, 0.1) is 0 Å². The van der Waals surface area contributed by atoms with Gasteiger partial charge in [0, 0.05) is 16.7 Å². The first kappa shape index (κ1) is 10.5. The highest BCUT2D eigenvalue weighted by molar-refractivity contribution is 8.12. The van der Waals surface area contributed by atoms with E-state index in [0.717, 1.165) is 5.56 Å². The molecule has 1 aromatic carbocycles. The van der Waals surface area contributed by atoms with Crippen molar-refractivity contribution >= 4 is 19.9 Å². The van der Waals surface area contributed by atoms with Gasteiger partial charge in [-0.15, -0.1) is 0 Å². The quantitative estimate of drug-likeness (QED) is 0.789. The maximum atomic E-state index is 10.7. The van der Waals surface area contributed by atoms with Crippen LogP contribution < -0.4 is 4.72 Å². The zero-order chi connectivity index (χ0) is 9.90. The highest BCUT2D eigenvalue weighted by Gasteiger charge is 2.11. The maximum Gasteiger partial charge on any atom is 0.297 e. The van der Waals surface area contributed by atoms with E-state index in [1.165, 1.54) is 0 Å². The minimum atomic E-state index is -3.65. The van der Waals surface area contributed by atoms with Gasteiger partial charge in [0.15, 0.2) is 0 Å². The molecule has 1 atom stereocenters.